The van der Waals surface area contributed by atoms with E-state index in [0.29, 0.717) is 12.1 Å². The van der Waals surface area contributed by atoms with Gasteiger partial charge in [0.15, 0.2) is 0 Å². The summed E-state index contributed by atoms with van der Waals surface area (Å²) in [6, 6.07) is 11.3. The van der Waals surface area contributed by atoms with Crippen LogP contribution in [-0.4, -0.2) is 60.6 Å². The van der Waals surface area contributed by atoms with Crippen molar-refractivity contribution in [3.63, 3.8) is 0 Å². The third-order valence-corrected chi connectivity index (χ3v) is 5.43. The summed E-state index contributed by atoms with van der Waals surface area (Å²) in [4.78, 5) is 16.0. The largest absolute Gasteiger partial charge is 0.376 e. The molecular formula is C20H30N2O2. The number of carbonyl (C=O) groups excluding carboxylic acids is 1. The summed E-state index contributed by atoms with van der Waals surface area (Å²) in [6.45, 7) is 6.45. The van der Waals surface area contributed by atoms with Crippen LogP contribution in [0, 0.1) is 0 Å². The van der Waals surface area contributed by atoms with E-state index in [0.717, 1.165) is 58.5 Å². The van der Waals surface area contributed by atoms with Gasteiger partial charge in [0.2, 0.25) is 5.91 Å². The zero-order valence-corrected chi connectivity index (χ0v) is 14.8. The van der Waals surface area contributed by atoms with Gasteiger partial charge in [0.05, 0.1) is 12.7 Å². The van der Waals surface area contributed by atoms with Gasteiger partial charge in [-0.1, -0.05) is 30.3 Å². The molecule has 132 valence electrons. The molecule has 0 N–H and O–H groups in total. The lowest BCUT2D eigenvalue weighted by molar-refractivity contribution is -0.131. The third kappa shape index (κ3) is 4.81. The van der Waals surface area contributed by atoms with Gasteiger partial charge in [0, 0.05) is 39.1 Å². The Morgan fingerprint density at radius 3 is 2.62 bits per heavy atom. The van der Waals surface area contributed by atoms with E-state index >= 15 is 0 Å². The molecule has 1 atom stereocenters. The molecule has 0 spiro atoms. The van der Waals surface area contributed by atoms with Gasteiger partial charge in [-0.2, -0.15) is 0 Å². The molecule has 0 unspecified atom stereocenters. The molecule has 1 amide bonds. The lowest BCUT2D eigenvalue weighted by Crippen LogP contribution is -2.52. The number of likely N-dealkylation sites (tertiary alicyclic amines) is 1. The fraction of sp³-hybridized carbons (Fsp3) is 0.650. The first-order valence-electron chi connectivity index (χ1n) is 9.37. The standard InChI is InChI=1S/C20H30N2O2/c1-17(23)21-12-10-19(11-13-21)22-14-15-24-20(16-22)9-5-8-18-6-3-2-4-7-18/h2-4,6-7,19-20H,5,8-16H2,1H3/t20-/m0/s1. The third-order valence-electron chi connectivity index (χ3n) is 5.43. The molecule has 1 aromatic rings. The molecule has 1 aromatic carbocycles. The van der Waals surface area contributed by atoms with Crippen molar-refractivity contribution in [1.29, 1.82) is 0 Å². The Morgan fingerprint density at radius 1 is 1.17 bits per heavy atom. The summed E-state index contributed by atoms with van der Waals surface area (Å²) < 4.78 is 5.99. The number of nitrogens with zero attached hydrogens (tertiary/aromatic N) is 2. The minimum atomic E-state index is 0.217. The van der Waals surface area contributed by atoms with Gasteiger partial charge in [0.25, 0.3) is 0 Å². The normalized spacial score (nSPS) is 23.4. The van der Waals surface area contributed by atoms with Crippen LogP contribution in [0.3, 0.4) is 0 Å². The summed E-state index contributed by atoms with van der Waals surface area (Å²) >= 11 is 0. The number of amides is 1. The number of carbonyl (C=O) groups is 1. The first-order chi connectivity index (χ1) is 11.7. The zero-order chi connectivity index (χ0) is 16.8. The second-order valence-electron chi connectivity index (χ2n) is 7.10. The van der Waals surface area contributed by atoms with Gasteiger partial charge in [-0.15, -0.1) is 0 Å². The van der Waals surface area contributed by atoms with Gasteiger partial charge >= 0.3 is 0 Å². The average Bonchev–Trinajstić information content (AvgIpc) is 2.63. The summed E-state index contributed by atoms with van der Waals surface area (Å²) in [6.07, 6.45) is 6.04. The van der Waals surface area contributed by atoms with Crippen LogP contribution in [0.5, 0.6) is 0 Å². The predicted octanol–water partition coefficient (Wildman–Crippen LogP) is 2.72. The molecule has 0 aliphatic carbocycles. The van der Waals surface area contributed by atoms with E-state index in [1.165, 1.54) is 12.0 Å². The van der Waals surface area contributed by atoms with Crippen molar-refractivity contribution in [2.24, 2.45) is 0 Å². The van der Waals surface area contributed by atoms with Gasteiger partial charge in [-0.05, 0) is 37.7 Å². The monoisotopic (exact) mass is 330 g/mol. The molecule has 0 saturated carbocycles. The maximum absolute atomic E-state index is 11.5. The molecule has 24 heavy (non-hydrogen) atoms. The van der Waals surface area contributed by atoms with Crippen molar-refractivity contribution in [3.05, 3.63) is 35.9 Å². The maximum Gasteiger partial charge on any atom is 0.219 e. The van der Waals surface area contributed by atoms with E-state index < -0.39 is 0 Å². The number of rotatable bonds is 5. The second-order valence-corrected chi connectivity index (χ2v) is 7.10. The van der Waals surface area contributed by atoms with Crippen LogP contribution >= 0.6 is 0 Å². The molecule has 2 aliphatic heterocycles. The van der Waals surface area contributed by atoms with E-state index in [1.807, 2.05) is 4.90 Å². The summed E-state index contributed by atoms with van der Waals surface area (Å²) in [5.74, 6) is 0.217. The summed E-state index contributed by atoms with van der Waals surface area (Å²) in [5, 5.41) is 0. The van der Waals surface area contributed by atoms with E-state index in [4.69, 9.17) is 4.74 Å². The van der Waals surface area contributed by atoms with Gasteiger partial charge in [-0.3, -0.25) is 9.69 Å². The molecule has 0 aromatic heterocycles. The van der Waals surface area contributed by atoms with Crippen molar-refractivity contribution in [2.45, 2.75) is 51.2 Å². The highest BCUT2D eigenvalue weighted by molar-refractivity contribution is 5.73. The molecular weight excluding hydrogens is 300 g/mol. The molecule has 4 heteroatoms. The zero-order valence-electron chi connectivity index (χ0n) is 14.8. The van der Waals surface area contributed by atoms with Crippen LogP contribution < -0.4 is 0 Å². The van der Waals surface area contributed by atoms with Crippen molar-refractivity contribution >= 4 is 5.91 Å². The Labute approximate surface area is 145 Å². The van der Waals surface area contributed by atoms with E-state index in [9.17, 15) is 4.79 Å². The molecule has 2 heterocycles. The van der Waals surface area contributed by atoms with E-state index in [2.05, 4.69) is 35.2 Å². The Hall–Kier alpha value is -1.39. The van der Waals surface area contributed by atoms with Crippen molar-refractivity contribution in [2.75, 3.05) is 32.8 Å². The minimum Gasteiger partial charge on any atom is -0.376 e. The van der Waals surface area contributed by atoms with Crippen LogP contribution in [0.15, 0.2) is 30.3 Å². The van der Waals surface area contributed by atoms with Gasteiger partial charge in [-0.25, -0.2) is 0 Å². The average molecular weight is 330 g/mol. The van der Waals surface area contributed by atoms with Gasteiger partial charge < -0.3 is 9.64 Å². The highest BCUT2D eigenvalue weighted by Gasteiger charge is 2.29. The fourth-order valence-electron chi connectivity index (χ4n) is 3.97. The quantitative estimate of drug-likeness (QED) is 0.832. The Balaban J connectivity index is 1.41. The van der Waals surface area contributed by atoms with Crippen LogP contribution in [-0.2, 0) is 16.0 Å². The second kappa shape index (κ2) is 8.63. The first-order valence-corrected chi connectivity index (χ1v) is 9.37. The van der Waals surface area contributed by atoms with Crippen LogP contribution in [0.1, 0.15) is 38.2 Å². The minimum absolute atomic E-state index is 0.217. The molecule has 0 bridgehead atoms. The van der Waals surface area contributed by atoms with Crippen molar-refractivity contribution < 1.29 is 9.53 Å². The fourth-order valence-corrected chi connectivity index (χ4v) is 3.97. The molecule has 0 radical (unpaired) electrons. The Morgan fingerprint density at radius 2 is 1.92 bits per heavy atom. The first kappa shape index (κ1) is 17.4. The number of piperidine rings is 1. The molecule has 3 rings (SSSR count). The molecule has 2 saturated heterocycles. The van der Waals surface area contributed by atoms with Crippen molar-refractivity contribution in [3.8, 4) is 0 Å². The van der Waals surface area contributed by atoms with Crippen LogP contribution in [0.4, 0.5) is 0 Å². The molecule has 2 fully saturated rings. The van der Waals surface area contributed by atoms with Crippen LogP contribution in [0.25, 0.3) is 0 Å². The lowest BCUT2D eigenvalue weighted by atomic mass is 10.0. The number of hydrogen-bond donors (Lipinski definition) is 0. The maximum atomic E-state index is 11.5. The lowest BCUT2D eigenvalue weighted by Gasteiger charge is -2.42. The molecule has 4 nitrogen and oxygen atoms in total. The van der Waals surface area contributed by atoms with Crippen molar-refractivity contribution in [1.82, 2.24) is 9.80 Å². The van der Waals surface area contributed by atoms with E-state index in [1.54, 1.807) is 6.92 Å². The SMILES string of the molecule is CC(=O)N1CCC(N2CCO[C@@H](CCCc3ccccc3)C2)CC1. The number of ether oxygens (including phenoxy) is 1. The number of hydrogen-bond acceptors (Lipinski definition) is 3. The Kier molecular flexibility index (Phi) is 6.27. The van der Waals surface area contributed by atoms with E-state index in [-0.39, 0.29) is 5.91 Å². The highest BCUT2D eigenvalue weighted by atomic mass is 16.5. The topological polar surface area (TPSA) is 32.8 Å². The molecule has 2 aliphatic rings. The highest BCUT2D eigenvalue weighted by Crippen LogP contribution is 2.21. The smallest absolute Gasteiger partial charge is 0.219 e. The summed E-state index contributed by atoms with van der Waals surface area (Å²) in [5.41, 5.74) is 1.42. The Bertz CT molecular complexity index is 512. The summed E-state index contributed by atoms with van der Waals surface area (Å²) in [7, 11) is 0. The van der Waals surface area contributed by atoms with Crippen LogP contribution in [0.2, 0.25) is 0 Å². The van der Waals surface area contributed by atoms with Gasteiger partial charge in [0.1, 0.15) is 0 Å². The predicted molar refractivity (Wildman–Crippen MR) is 96.0 cm³/mol. The number of benzene rings is 1. The number of aryl methyl sites for hydroxylation is 1. The number of morpholine rings is 1.